The molecule has 1 aromatic rings. The summed E-state index contributed by atoms with van der Waals surface area (Å²) in [5.74, 6) is 0. The highest BCUT2D eigenvalue weighted by atomic mass is 31.3. The standard InChI is InChI=1S/C4H4N2O2.H5O10P3/c7-3-1-2-5-4(8)6-3;1-11(2,3)9-13(7,8)10-12(4,5)6/h1-2H,(H2,5,6,7,8);(H,7,8)(H2,1,2,3)(H2,4,5,6). The first-order chi connectivity index (χ1) is 9.20. The minimum absolute atomic E-state index is 0.381. The van der Waals surface area contributed by atoms with Gasteiger partial charge in [0.05, 0.1) is 0 Å². The Balaban J connectivity index is 0.000000423. The van der Waals surface area contributed by atoms with Crippen molar-refractivity contribution in [1.29, 1.82) is 0 Å². The Hall–Kier alpha value is -0.910. The zero-order valence-corrected chi connectivity index (χ0v) is 12.3. The Labute approximate surface area is 114 Å². The van der Waals surface area contributed by atoms with Crippen LogP contribution in [0.4, 0.5) is 0 Å². The van der Waals surface area contributed by atoms with E-state index in [0.29, 0.717) is 0 Å². The van der Waals surface area contributed by atoms with Gasteiger partial charge in [-0.3, -0.25) is 9.78 Å². The van der Waals surface area contributed by atoms with Gasteiger partial charge in [-0.05, 0) is 0 Å². The zero-order valence-electron chi connectivity index (χ0n) is 9.59. The van der Waals surface area contributed by atoms with Crippen molar-refractivity contribution in [2.75, 3.05) is 0 Å². The molecule has 17 heteroatoms. The molecule has 7 N–H and O–H groups in total. The second-order valence-electron chi connectivity index (χ2n) is 2.91. The molecular formula is C4H9N2O12P3. The van der Waals surface area contributed by atoms with Gasteiger partial charge in [-0.2, -0.15) is 8.62 Å². The molecule has 0 fully saturated rings. The second kappa shape index (κ2) is 7.38. The number of hydrogen-bond acceptors (Lipinski definition) is 7. The Morgan fingerprint density at radius 1 is 0.905 bits per heavy atom. The van der Waals surface area contributed by atoms with Gasteiger partial charge in [-0.1, -0.05) is 0 Å². The number of aromatic nitrogens is 2. The summed E-state index contributed by atoms with van der Waals surface area (Å²) >= 11 is 0. The summed E-state index contributed by atoms with van der Waals surface area (Å²) in [5, 5.41) is 0. The largest absolute Gasteiger partial charge is 0.490 e. The molecule has 0 unspecified atom stereocenters. The minimum atomic E-state index is -5.46. The first kappa shape index (κ1) is 20.1. The van der Waals surface area contributed by atoms with Crippen LogP contribution in [0.5, 0.6) is 0 Å². The van der Waals surface area contributed by atoms with E-state index < -0.39 is 29.2 Å². The van der Waals surface area contributed by atoms with E-state index in [9.17, 15) is 23.3 Å². The van der Waals surface area contributed by atoms with Gasteiger partial charge in [0, 0.05) is 12.3 Å². The van der Waals surface area contributed by atoms with Crippen molar-refractivity contribution in [2.45, 2.75) is 0 Å². The van der Waals surface area contributed by atoms with Gasteiger partial charge >= 0.3 is 29.2 Å². The topological polar surface area (TPSA) is 237 Å². The Morgan fingerprint density at radius 3 is 1.57 bits per heavy atom. The highest BCUT2D eigenvalue weighted by molar-refractivity contribution is 7.66. The fourth-order valence-electron chi connectivity index (χ4n) is 0.666. The second-order valence-corrected chi connectivity index (χ2v) is 7.11. The van der Waals surface area contributed by atoms with Crippen molar-refractivity contribution in [1.82, 2.24) is 9.97 Å². The first-order valence-corrected chi connectivity index (χ1v) is 8.90. The van der Waals surface area contributed by atoms with Crippen LogP contribution in [0.2, 0.25) is 0 Å². The van der Waals surface area contributed by atoms with Gasteiger partial charge < -0.3 is 29.5 Å². The summed E-state index contributed by atoms with van der Waals surface area (Å²) in [4.78, 5) is 64.9. The van der Waals surface area contributed by atoms with Crippen LogP contribution in [-0.4, -0.2) is 34.4 Å². The van der Waals surface area contributed by atoms with E-state index in [-0.39, 0.29) is 5.56 Å². The third-order valence-electron chi connectivity index (χ3n) is 1.10. The highest BCUT2D eigenvalue weighted by Gasteiger charge is 2.38. The summed E-state index contributed by atoms with van der Waals surface area (Å²) in [5.41, 5.74) is -0.855. The average Bonchev–Trinajstić information content (AvgIpc) is 2.08. The van der Waals surface area contributed by atoms with Crippen LogP contribution in [0.3, 0.4) is 0 Å². The van der Waals surface area contributed by atoms with E-state index in [1.54, 1.807) is 0 Å². The fourth-order valence-corrected chi connectivity index (χ4v) is 3.20. The highest BCUT2D eigenvalue weighted by Crippen LogP contribution is 2.64. The van der Waals surface area contributed by atoms with E-state index in [1.165, 1.54) is 12.3 Å². The van der Waals surface area contributed by atoms with Gasteiger partial charge in [0.1, 0.15) is 0 Å². The van der Waals surface area contributed by atoms with Gasteiger partial charge in [0.15, 0.2) is 0 Å². The molecule has 0 aliphatic rings. The molecular weight excluding hydrogens is 361 g/mol. The molecule has 0 atom stereocenters. The number of aromatic amines is 2. The maximum Gasteiger partial charge on any atom is 0.490 e. The number of hydrogen-bond donors (Lipinski definition) is 7. The molecule has 0 radical (unpaired) electrons. The molecule has 14 nitrogen and oxygen atoms in total. The van der Waals surface area contributed by atoms with Gasteiger partial charge in [-0.15, -0.1) is 0 Å². The van der Waals surface area contributed by atoms with E-state index in [2.05, 4.69) is 13.6 Å². The molecule has 1 rings (SSSR count). The van der Waals surface area contributed by atoms with Crippen LogP contribution < -0.4 is 11.2 Å². The van der Waals surface area contributed by atoms with Crippen molar-refractivity contribution >= 4 is 23.5 Å². The predicted molar refractivity (Wildman–Crippen MR) is 63.8 cm³/mol. The smallest absolute Gasteiger partial charge is 0.314 e. The number of nitrogens with one attached hydrogen (secondary N) is 2. The van der Waals surface area contributed by atoms with Crippen LogP contribution in [0.25, 0.3) is 0 Å². The van der Waals surface area contributed by atoms with Crippen LogP contribution >= 0.6 is 23.5 Å². The third kappa shape index (κ3) is 12.5. The van der Waals surface area contributed by atoms with Crippen LogP contribution in [0.1, 0.15) is 0 Å². The quantitative estimate of drug-likeness (QED) is 0.296. The number of H-pyrrole nitrogens is 2. The lowest BCUT2D eigenvalue weighted by molar-refractivity contribution is 0.204. The Kier molecular flexibility index (Phi) is 7.06. The molecule has 21 heavy (non-hydrogen) atoms. The van der Waals surface area contributed by atoms with Crippen molar-refractivity contribution in [2.24, 2.45) is 0 Å². The minimum Gasteiger partial charge on any atom is -0.314 e. The molecule has 0 saturated heterocycles. The number of rotatable bonds is 4. The van der Waals surface area contributed by atoms with Crippen molar-refractivity contribution < 1.29 is 46.8 Å². The van der Waals surface area contributed by atoms with Gasteiger partial charge in [0.25, 0.3) is 5.56 Å². The monoisotopic (exact) mass is 370 g/mol. The molecule has 122 valence electrons. The molecule has 0 aliphatic carbocycles. The van der Waals surface area contributed by atoms with Crippen LogP contribution in [-0.2, 0) is 22.3 Å². The van der Waals surface area contributed by atoms with Crippen molar-refractivity contribution in [3.63, 3.8) is 0 Å². The molecule has 0 spiro atoms. The Morgan fingerprint density at radius 2 is 1.33 bits per heavy atom. The maximum absolute atomic E-state index is 10.4. The summed E-state index contributed by atoms with van der Waals surface area (Å²) in [6, 6.07) is 1.24. The third-order valence-corrected chi connectivity index (χ3v) is 4.46. The first-order valence-electron chi connectivity index (χ1n) is 4.35. The molecule has 1 heterocycles. The zero-order chi connectivity index (χ0) is 16.9. The summed E-state index contributed by atoms with van der Waals surface area (Å²) in [7, 11) is -16.2. The Bertz CT molecular complexity index is 654. The van der Waals surface area contributed by atoms with Crippen LogP contribution in [0, 0.1) is 0 Å². The maximum atomic E-state index is 10.4. The lowest BCUT2D eigenvalue weighted by Gasteiger charge is -2.11. The predicted octanol–water partition coefficient (Wildman–Crippen LogP) is -1.63. The molecule has 0 bridgehead atoms. The van der Waals surface area contributed by atoms with E-state index in [4.69, 9.17) is 24.5 Å². The summed E-state index contributed by atoms with van der Waals surface area (Å²) in [6.45, 7) is 0. The lowest BCUT2D eigenvalue weighted by Crippen LogP contribution is -2.19. The van der Waals surface area contributed by atoms with E-state index in [0.717, 1.165) is 0 Å². The molecule has 0 aliphatic heterocycles. The van der Waals surface area contributed by atoms with E-state index in [1.807, 2.05) is 4.98 Å². The van der Waals surface area contributed by atoms with E-state index >= 15 is 0 Å². The van der Waals surface area contributed by atoms with Gasteiger partial charge in [-0.25, -0.2) is 18.5 Å². The molecule has 1 aromatic heterocycles. The fraction of sp³-hybridized carbons (Fsp3) is 0. The molecule has 0 amide bonds. The normalized spacial score (nSPS) is 12.4. The lowest BCUT2D eigenvalue weighted by atomic mass is 10.7. The van der Waals surface area contributed by atoms with Gasteiger partial charge in [0.2, 0.25) is 0 Å². The summed E-state index contributed by atoms with van der Waals surface area (Å²) < 4.78 is 36.4. The molecule has 0 saturated carbocycles. The van der Waals surface area contributed by atoms with Crippen molar-refractivity contribution in [3.05, 3.63) is 33.1 Å². The van der Waals surface area contributed by atoms with Crippen molar-refractivity contribution in [3.8, 4) is 0 Å². The summed E-state index contributed by atoms with van der Waals surface area (Å²) in [6.07, 6.45) is 1.29. The molecule has 0 aromatic carbocycles. The number of phosphoric acid groups is 3. The van der Waals surface area contributed by atoms with Crippen LogP contribution in [0.15, 0.2) is 21.9 Å². The SMILES string of the molecule is O=P(O)(O)OP(=O)(O)OP(=O)(O)O.O=c1cc[nH]c(=O)[nH]1. The average molecular weight is 370 g/mol.